The minimum atomic E-state index is -4.47. The van der Waals surface area contributed by atoms with Crippen LogP contribution in [0.25, 0.3) is 0 Å². The lowest BCUT2D eigenvalue weighted by Crippen LogP contribution is -2.13. The number of anilines is 1. The molecule has 0 unspecified atom stereocenters. The van der Waals surface area contributed by atoms with E-state index in [2.05, 4.69) is 15.3 Å². The number of halogens is 3. The van der Waals surface area contributed by atoms with Crippen molar-refractivity contribution in [2.75, 3.05) is 11.9 Å². The summed E-state index contributed by atoms with van der Waals surface area (Å²) in [7, 11) is 0. The molecular weight excluding hydrogens is 281 g/mol. The van der Waals surface area contributed by atoms with E-state index in [1.54, 1.807) is 6.20 Å². The molecule has 0 fully saturated rings. The molecule has 1 heterocycles. The zero-order valence-corrected chi connectivity index (χ0v) is 10.9. The average Bonchev–Trinajstić information content (AvgIpc) is 2.47. The topological polar surface area (TPSA) is 61.6 Å². The second kappa shape index (κ2) is 6.22. The fraction of sp³-hybridized carbons (Fsp3) is 0.214. The Bertz CT molecular complexity index is 648. The Morgan fingerprint density at radius 1 is 1.24 bits per heavy atom. The van der Waals surface area contributed by atoms with Crippen LogP contribution in [-0.2, 0) is 12.6 Å². The van der Waals surface area contributed by atoms with Crippen LogP contribution < -0.4 is 5.32 Å². The summed E-state index contributed by atoms with van der Waals surface area (Å²) in [5, 5.41) is 11.5. The third-order valence-electron chi connectivity index (χ3n) is 2.77. The van der Waals surface area contributed by atoms with E-state index in [-0.39, 0.29) is 17.8 Å². The summed E-state index contributed by atoms with van der Waals surface area (Å²) in [5.41, 5.74) is -0.0499. The van der Waals surface area contributed by atoms with Gasteiger partial charge >= 0.3 is 6.18 Å². The maximum atomic E-state index is 12.9. The Labute approximate surface area is 119 Å². The van der Waals surface area contributed by atoms with Gasteiger partial charge in [0.2, 0.25) is 0 Å². The van der Waals surface area contributed by atoms with E-state index in [0.717, 1.165) is 12.1 Å². The van der Waals surface area contributed by atoms with E-state index in [9.17, 15) is 13.2 Å². The maximum absolute atomic E-state index is 12.9. The highest BCUT2D eigenvalue weighted by molar-refractivity contribution is 5.57. The van der Waals surface area contributed by atoms with Crippen molar-refractivity contribution in [1.29, 1.82) is 5.26 Å². The Morgan fingerprint density at radius 3 is 2.67 bits per heavy atom. The van der Waals surface area contributed by atoms with Crippen molar-refractivity contribution in [1.82, 2.24) is 9.97 Å². The fourth-order valence-corrected chi connectivity index (χ4v) is 1.79. The van der Waals surface area contributed by atoms with E-state index < -0.39 is 11.7 Å². The molecule has 4 nitrogen and oxygen atoms in total. The molecule has 0 saturated carbocycles. The number of alkyl halides is 3. The Kier molecular flexibility index (Phi) is 4.38. The second-order valence-electron chi connectivity index (χ2n) is 4.24. The summed E-state index contributed by atoms with van der Waals surface area (Å²) < 4.78 is 38.7. The number of rotatable bonds is 4. The number of benzene rings is 1. The lowest BCUT2D eigenvalue weighted by atomic mass is 10.1. The van der Waals surface area contributed by atoms with E-state index >= 15 is 0 Å². The molecule has 0 radical (unpaired) electrons. The molecule has 0 aliphatic heterocycles. The molecule has 108 valence electrons. The van der Waals surface area contributed by atoms with Gasteiger partial charge in [0, 0.05) is 37.2 Å². The number of hydrogen-bond donors (Lipinski definition) is 1. The minimum absolute atomic E-state index is 0.106. The van der Waals surface area contributed by atoms with Crippen LogP contribution in [0.1, 0.15) is 16.8 Å². The van der Waals surface area contributed by atoms with Crippen molar-refractivity contribution in [2.45, 2.75) is 12.6 Å². The molecule has 0 amide bonds. The molecular formula is C14H11F3N4. The van der Waals surface area contributed by atoms with Crippen LogP contribution in [0.3, 0.4) is 0 Å². The van der Waals surface area contributed by atoms with Crippen molar-refractivity contribution in [2.24, 2.45) is 0 Å². The fourth-order valence-electron chi connectivity index (χ4n) is 1.79. The molecule has 2 aromatic rings. The van der Waals surface area contributed by atoms with Gasteiger partial charge in [0.1, 0.15) is 0 Å². The van der Waals surface area contributed by atoms with Crippen molar-refractivity contribution < 1.29 is 13.2 Å². The number of nitriles is 1. The third kappa shape index (κ3) is 3.92. The first-order valence-corrected chi connectivity index (χ1v) is 6.11. The number of aromatic nitrogens is 2. The van der Waals surface area contributed by atoms with E-state index in [1.807, 2.05) is 6.07 Å². The summed E-state index contributed by atoms with van der Waals surface area (Å²) in [6.07, 6.45) is 0.560. The van der Waals surface area contributed by atoms with E-state index in [4.69, 9.17) is 5.26 Å². The highest BCUT2D eigenvalue weighted by Crippen LogP contribution is 2.35. The third-order valence-corrected chi connectivity index (χ3v) is 2.77. The standard InChI is InChI=1S/C14H11F3N4/c15-14(16,17)12-2-1-10(8-18)7-13(12)21-4-3-11-9-19-5-6-20-11/h1-2,5-7,9,21H,3-4H2. The normalized spacial score (nSPS) is 11.0. The highest BCUT2D eigenvalue weighted by atomic mass is 19.4. The lowest BCUT2D eigenvalue weighted by Gasteiger charge is -2.14. The smallest absolute Gasteiger partial charge is 0.384 e. The largest absolute Gasteiger partial charge is 0.418 e. The zero-order valence-electron chi connectivity index (χ0n) is 10.9. The van der Waals surface area contributed by atoms with Crippen LogP contribution in [0.2, 0.25) is 0 Å². The van der Waals surface area contributed by atoms with Gasteiger partial charge in [-0.25, -0.2) is 0 Å². The molecule has 0 saturated heterocycles. The van der Waals surface area contributed by atoms with Crippen molar-refractivity contribution >= 4 is 5.69 Å². The summed E-state index contributed by atoms with van der Waals surface area (Å²) in [6.45, 7) is 0.261. The Hall–Kier alpha value is -2.62. The van der Waals surface area contributed by atoms with Crippen LogP contribution in [-0.4, -0.2) is 16.5 Å². The average molecular weight is 292 g/mol. The highest BCUT2D eigenvalue weighted by Gasteiger charge is 2.33. The molecule has 0 aliphatic carbocycles. The van der Waals surface area contributed by atoms with Crippen LogP contribution in [0, 0.1) is 11.3 Å². The summed E-state index contributed by atoms with van der Waals surface area (Å²) in [6, 6.07) is 5.07. The van der Waals surface area contributed by atoms with Gasteiger partial charge in [-0.15, -0.1) is 0 Å². The number of hydrogen-bond acceptors (Lipinski definition) is 4. The Balaban J connectivity index is 2.13. The predicted octanol–water partition coefficient (Wildman–Crippen LogP) is 3.02. The van der Waals surface area contributed by atoms with Crippen LogP contribution in [0.15, 0.2) is 36.8 Å². The molecule has 0 atom stereocenters. The van der Waals surface area contributed by atoms with Gasteiger partial charge in [0.05, 0.1) is 22.9 Å². The van der Waals surface area contributed by atoms with Gasteiger partial charge in [0.15, 0.2) is 0 Å². The van der Waals surface area contributed by atoms with Gasteiger partial charge in [0.25, 0.3) is 0 Å². The van der Waals surface area contributed by atoms with Gasteiger partial charge < -0.3 is 5.32 Å². The summed E-state index contributed by atoms with van der Waals surface area (Å²) in [4.78, 5) is 7.92. The number of nitrogens with zero attached hydrogens (tertiary/aromatic N) is 3. The van der Waals surface area contributed by atoms with Crippen LogP contribution in [0.5, 0.6) is 0 Å². The van der Waals surface area contributed by atoms with Gasteiger partial charge in [-0.05, 0) is 18.2 Å². The van der Waals surface area contributed by atoms with Gasteiger partial charge in [-0.1, -0.05) is 0 Å². The van der Waals surface area contributed by atoms with E-state index in [0.29, 0.717) is 12.1 Å². The zero-order chi connectivity index (χ0) is 15.3. The predicted molar refractivity (Wildman–Crippen MR) is 70.4 cm³/mol. The van der Waals surface area contributed by atoms with Crippen molar-refractivity contribution in [3.8, 4) is 6.07 Å². The van der Waals surface area contributed by atoms with Crippen molar-refractivity contribution in [3.05, 3.63) is 53.6 Å². The Morgan fingerprint density at radius 2 is 2.05 bits per heavy atom. The minimum Gasteiger partial charge on any atom is -0.384 e. The lowest BCUT2D eigenvalue weighted by molar-refractivity contribution is -0.136. The first-order valence-electron chi connectivity index (χ1n) is 6.11. The molecule has 1 N–H and O–H groups in total. The molecule has 1 aromatic heterocycles. The quantitative estimate of drug-likeness (QED) is 0.941. The molecule has 0 aliphatic rings. The van der Waals surface area contributed by atoms with Crippen LogP contribution in [0.4, 0.5) is 18.9 Å². The first-order chi connectivity index (χ1) is 10.0. The molecule has 2 rings (SSSR count). The van der Waals surface area contributed by atoms with Gasteiger partial charge in [-0.2, -0.15) is 18.4 Å². The second-order valence-corrected chi connectivity index (χ2v) is 4.24. The summed E-state index contributed by atoms with van der Waals surface area (Å²) >= 11 is 0. The molecule has 0 bridgehead atoms. The SMILES string of the molecule is N#Cc1ccc(C(F)(F)F)c(NCCc2cnccn2)c1. The van der Waals surface area contributed by atoms with Gasteiger partial charge in [-0.3, -0.25) is 9.97 Å². The monoisotopic (exact) mass is 292 g/mol. The first kappa shape index (κ1) is 14.8. The summed E-state index contributed by atoms with van der Waals surface area (Å²) in [5.74, 6) is 0. The maximum Gasteiger partial charge on any atom is 0.418 e. The molecule has 1 aromatic carbocycles. The molecule has 0 spiro atoms. The van der Waals surface area contributed by atoms with Crippen LogP contribution >= 0.6 is 0 Å². The van der Waals surface area contributed by atoms with Crippen molar-refractivity contribution in [3.63, 3.8) is 0 Å². The molecule has 21 heavy (non-hydrogen) atoms. The number of nitrogens with one attached hydrogen (secondary N) is 1. The van der Waals surface area contributed by atoms with E-state index in [1.165, 1.54) is 18.5 Å². The molecule has 7 heteroatoms.